The topological polar surface area (TPSA) is 72.3 Å². The third kappa shape index (κ3) is 5.82. The van der Waals surface area contributed by atoms with E-state index >= 15 is 0 Å². The van der Waals surface area contributed by atoms with Crippen LogP contribution in [0.2, 0.25) is 0 Å². The molecule has 1 aliphatic heterocycles. The molecule has 0 bridgehead atoms. The van der Waals surface area contributed by atoms with Crippen LogP contribution >= 0.6 is 11.8 Å². The van der Waals surface area contributed by atoms with E-state index in [1.807, 2.05) is 30.3 Å². The van der Waals surface area contributed by atoms with Crippen molar-refractivity contribution in [2.75, 3.05) is 36.9 Å². The molecule has 32 heavy (non-hydrogen) atoms. The molecule has 0 spiro atoms. The predicted molar refractivity (Wildman–Crippen MR) is 128 cm³/mol. The van der Waals surface area contributed by atoms with Crippen molar-refractivity contribution in [2.45, 2.75) is 31.3 Å². The molecule has 4 rings (SSSR count). The number of carbonyl (C=O) groups excluding carboxylic acids is 1. The number of aryl methyl sites for hydroxylation is 1. The predicted octanol–water partition coefficient (Wildman–Crippen LogP) is 3.85. The fraction of sp³-hybridized carbons (Fsp3) is 0.375. The maximum absolute atomic E-state index is 12.4. The van der Waals surface area contributed by atoms with Crippen molar-refractivity contribution in [1.29, 1.82) is 0 Å². The first-order valence-electron chi connectivity index (χ1n) is 11.1. The Morgan fingerprint density at radius 3 is 2.53 bits per heavy atom. The van der Waals surface area contributed by atoms with E-state index in [1.165, 1.54) is 23.7 Å². The van der Waals surface area contributed by atoms with E-state index in [0.29, 0.717) is 13.2 Å². The van der Waals surface area contributed by atoms with Crippen molar-refractivity contribution in [3.05, 3.63) is 60.2 Å². The quantitative estimate of drug-likeness (QED) is 0.394. The van der Waals surface area contributed by atoms with Crippen LogP contribution < -0.4 is 15.0 Å². The summed E-state index contributed by atoms with van der Waals surface area (Å²) >= 11 is 1.40. The highest BCUT2D eigenvalue weighted by molar-refractivity contribution is 7.99. The first-order valence-corrected chi connectivity index (χ1v) is 12.0. The van der Waals surface area contributed by atoms with Crippen LogP contribution in [0.4, 0.5) is 5.95 Å². The molecule has 1 aliphatic rings. The lowest BCUT2D eigenvalue weighted by atomic mass is 10.1. The number of amides is 1. The van der Waals surface area contributed by atoms with Gasteiger partial charge in [0, 0.05) is 13.1 Å². The second-order valence-corrected chi connectivity index (χ2v) is 8.74. The minimum absolute atomic E-state index is 0.0513. The Morgan fingerprint density at radius 1 is 1.03 bits per heavy atom. The number of rotatable bonds is 9. The van der Waals surface area contributed by atoms with Crippen molar-refractivity contribution < 1.29 is 9.53 Å². The number of aromatic nitrogens is 3. The van der Waals surface area contributed by atoms with Crippen molar-refractivity contribution in [1.82, 2.24) is 20.1 Å². The number of ether oxygens (including phenoxy) is 1. The fourth-order valence-corrected chi connectivity index (χ4v) is 4.41. The van der Waals surface area contributed by atoms with Crippen LogP contribution in [0.25, 0.3) is 5.69 Å². The molecule has 1 fully saturated rings. The fourth-order valence-electron chi connectivity index (χ4n) is 3.63. The summed E-state index contributed by atoms with van der Waals surface area (Å²) in [5, 5.41) is 12.6. The molecule has 2 aromatic carbocycles. The molecule has 7 nitrogen and oxygen atoms in total. The molecule has 8 heteroatoms. The maximum Gasteiger partial charge on any atom is 0.232 e. The molecule has 1 aromatic heterocycles. The monoisotopic (exact) mass is 451 g/mol. The van der Waals surface area contributed by atoms with E-state index in [4.69, 9.17) is 4.74 Å². The van der Waals surface area contributed by atoms with E-state index in [1.54, 1.807) is 0 Å². The summed E-state index contributed by atoms with van der Waals surface area (Å²) in [4.78, 5) is 14.7. The smallest absolute Gasteiger partial charge is 0.232 e. The molecule has 0 unspecified atom stereocenters. The third-order valence-electron chi connectivity index (χ3n) is 5.32. The Kier molecular flexibility index (Phi) is 7.66. The normalized spacial score (nSPS) is 13.7. The van der Waals surface area contributed by atoms with Crippen LogP contribution in [0.15, 0.2) is 59.8 Å². The first kappa shape index (κ1) is 22.2. The van der Waals surface area contributed by atoms with Crippen LogP contribution in [0, 0.1) is 6.92 Å². The Morgan fingerprint density at radius 2 is 1.78 bits per heavy atom. The molecule has 3 aromatic rings. The van der Waals surface area contributed by atoms with Gasteiger partial charge in [0.15, 0.2) is 5.16 Å². The summed E-state index contributed by atoms with van der Waals surface area (Å²) in [7, 11) is 0. The lowest BCUT2D eigenvalue weighted by Gasteiger charge is -2.27. The van der Waals surface area contributed by atoms with Crippen LogP contribution in [-0.2, 0) is 4.79 Å². The number of thioether (sulfide) groups is 1. The number of hydrogen-bond acceptors (Lipinski definition) is 6. The van der Waals surface area contributed by atoms with Gasteiger partial charge in [-0.3, -0.25) is 9.36 Å². The van der Waals surface area contributed by atoms with Gasteiger partial charge in [-0.1, -0.05) is 47.7 Å². The minimum Gasteiger partial charge on any atom is -0.492 e. The number of hydrogen-bond donors (Lipinski definition) is 1. The van der Waals surface area contributed by atoms with E-state index < -0.39 is 0 Å². The number of anilines is 1. The molecule has 1 saturated heterocycles. The van der Waals surface area contributed by atoms with Crippen LogP contribution in [0.1, 0.15) is 24.8 Å². The van der Waals surface area contributed by atoms with Gasteiger partial charge in [-0.25, -0.2) is 0 Å². The zero-order valence-corrected chi connectivity index (χ0v) is 19.2. The number of para-hydroxylation sites is 1. The Hall–Kier alpha value is -3.00. The van der Waals surface area contributed by atoms with E-state index in [2.05, 4.69) is 56.2 Å². The second-order valence-electron chi connectivity index (χ2n) is 7.80. The molecule has 0 atom stereocenters. The highest BCUT2D eigenvalue weighted by Crippen LogP contribution is 2.28. The van der Waals surface area contributed by atoms with Crippen LogP contribution in [0.3, 0.4) is 0 Å². The van der Waals surface area contributed by atoms with Gasteiger partial charge in [0.25, 0.3) is 0 Å². The number of nitrogens with zero attached hydrogens (tertiary/aromatic N) is 4. The zero-order chi connectivity index (χ0) is 22.2. The average Bonchev–Trinajstić information content (AvgIpc) is 3.26. The van der Waals surface area contributed by atoms with Gasteiger partial charge in [-0.2, -0.15) is 0 Å². The number of carbonyl (C=O) groups is 1. The van der Waals surface area contributed by atoms with Crippen molar-refractivity contribution in [2.24, 2.45) is 0 Å². The lowest BCUT2D eigenvalue weighted by Crippen LogP contribution is -2.32. The number of benzene rings is 2. The Bertz CT molecular complexity index is 1000. The zero-order valence-electron chi connectivity index (χ0n) is 18.4. The average molecular weight is 452 g/mol. The number of nitrogens with one attached hydrogen (secondary N) is 1. The van der Waals surface area contributed by atoms with E-state index in [0.717, 1.165) is 48.5 Å². The highest BCUT2D eigenvalue weighted by Gasteiger charge is 2.22. The van der Waals surface area contributed by atoms with Crippen LogP contribution in [-0.4, -0.2) is 52.7 Å². The molecule has 168 valence electrons. The molecule has 0 radical (unpaired) electrons. The van der Waals surface area contributed by atoms with Gasteiger partial charge in [-0.15, -0.1) is 10.2 Å². The number of piperidine rings is 1. The van der Waals surface area contributed by atoms with Gasteiger partial charge in [0.2, 0.25) is 11.9 Å². The standard InChI is InChI=1S/C24H29N5O2S/c1-19-10-12-20(13-11-19)29-23(28-15-6-3-7-16-28)26-27-24(29)32-18-22(30)25-14-17-31-21-8-4-2-5-9-21/h2,4-5,8-13H,3,6-7,14-18H2,1H3,(H,25,30). The summed E-state index contributed by atoms with van der Waals surface area (Å²) < 4.78 is 7.69. The van der Waals surface area contributed by atoms with Gasteiger partial charge >= 0.3 is 0 Å². The molecule has 1 amide bonds. The summed E-state index contributed by atoms with van der Waals surface area (Å²) in [6, 6.07) is 17.9. The summed E-state index contributed by atoms with van der Waals surface area (Å²) in [5.41, 5.74) is 2.22. The van der Waals surface area contributed by atoms with Gasteiger partial charge in [0.1, 0.15) is 12.4 Å². The van der Waals surface area contributed by atoms with E-state index in [-0.39, 0.29) is 11.7 Å². The first-order chi connectivity index (χ1) is 15.7. The van der Waals surface area contributed by atoms with Crippen LogP contribution in [0.5, 0.6) is 5.75 Å². The molecule has 1 N–H and O–H groups in total. The SMILES string of the molecule is Cc1ccc(-n2c(SCC(=O)NCCOc3ccccc3)nnc2N2CCCCC2)cc1. The second kappa shape index (κ2) is 11.0. The molecular formula is C24H29N5O2S. The lowest BCUT2D eigenvalue weighted by molar-refractivity contribution is -0.118. The molecule has 2 heterocycles. The van der Waals surface area contributed by atoms with Crippen molar-refractivity contribution in [3.8, 4) is 11.4 Å². The Labute approximate surface area is 193 Å². The van der Waals surface area contributed by atoms with Crippen molar-refractivity contribution in [3.63, 3.8) is 0 Å². The largest absolute Gasteiger partial charge is 0.492 e. The van der Waals surface area contributed by atoms with Gasteiger partial charge in [-0.05, 0) is 50.5 Å². The summed E-state index contributed by atoms with van der Waals surface area (Å²) in [5.74, 6) is 1.87. The van der Waals surface area contributed by atoms with Crippen molar-refractivity contribution >= 4 is 23.6 Å². The molecule has 0 aliphatic carbocycles. The molecule has 0 saturated carbocycles. The molecular weight excluding hydrogens is 422 g/mol. The minimum atomic E-state index is -0.0513. The highest BCUT2D eigenvalue weighted by atomic mass is 32.2. The van der Waals surface area contributed by atoms with E-state index in [9.17, 15) is 4.79 Å². The van der Waals surface area contributed by atoms with Gasteiger partial charge in [0.05, 0.1) is 18.0 Å². The Balaban J connectivity index is 1.37. The van der Waals surface area contributed by atoms with Gasteiger partial charge < -0.3 is 15.0 Å². The third-order valence-corrected chi connectivity index (χ3v) is 6.24. The summed E-state index contributed by atoms with van der Waals surface area (Å²) in [6.07, 6.45) is 3.58. The maximum atomic E-state index is 12.4. The summed E-state index contributed by atoms with van der Waals surface area (Å²) in [6.45, 7) is 4.92.